The van der Waals surface area contributed by atoms with Crippen LogP contribution in [0.4, 0.5) is 13.6 Å². The molecule has 0 bridgehead atoms. The lowest BCUT2D eigenvalue weighted by molar-refractivity contribution is -0.131. The normalized spacial score (nSPS) is 21.0. The van der Waals surface area contributed by atoms with Crippen molar-refractivity contribution >= 4 is 34.9 Å². The molecule has 0 aliphatic carbocycles. The van der Waals surface area contributed by atoms with Crippen molar-refractivity contribution < 1.29 is 18.4 Å². The first-order chi connectivity index (χ1) is 10.8. The van der Waals surface area contributed by atoms with Gasteiger partial charge in [0, 0.05) is 4.88 Å². The largest absolute Gasteiger partial charge is 0.325 e. The third-order valence-electron chi connectivity index (χ3n) is 3.68. The minimum atomic E-state index is -1.78. The van der Waals surface area contributed by atoms with Crippen LogP contribution in [0.5, 0.6) is 0 Å². The molecule has 0 radical (unpaired) electrons. The molecular formula is C15H11ClF2N2O2S. The molecule has 1 atom stereocenters. The molecule has 2 aromatic rings. The first-order valence-corrected chi connectivity index (χ1v) is 7.85. The van der Waals surface area contributed by atoms with E-state index >= 15 is 0 Å². The van der Waals surface area contributed by atoms with Crippen LogP contribution in [0, 0.1) is 11.6 Å². The van der Waals surface area contributed by atoms with E-state index in [0.29, 0.717) is 9.21 Å². The summed E-state index contributed by atoms with van der Waals surface area (Å²) in [5.74, 6) is -2.49. The molecule has 0 saturated carbocycles. The zero-order chi connectivity index (χ0) is 16.8. The Bertz CT molecular complexity index is 790. The standard InChI is InChI=1S/C15H11ClF2N2O2S/c1-15(12-9(17)3-2-4-10(12)18)13(21)20(14(22)19-15)7-8-5-6-11(16)23-8/h2-6H,7H2,1H3,(H,19,22)/t15-/m0/s1. The van der Waals surface area contributed by atoms with Crippen molar-refractivity contribution in [3.63, 3.8) is 0 Å². The van der Waals surface area contributed by atoms with Crippen LogP contribution >= 0.6 is 22.9 Å². The molecule has 1 N–H and O–H groups in total. The number of carbonyl (C=O) groups is 2. The highest BCUT2D eigenvalue weighted by atomic mass is 35.5. The Balaban J connectivity index is 1.97. The van der Waals surface area contributed by atoms with Crippen molar-refractivity contribution in [2.75, 3.05) is 0 Å². The fraction of sp³-hybridized carbons (Fsp3) is 0.200. The van der Waals surface area contributed by atoms with Gasteiger partial charge in [0.2, 0.25) is 0 Å². The summed E-state index contributed by atoms with van der Waals surface area (Å²) < 4.78 is 28.6. The molecule has 1 saturated heterocycles. The van der Waals surface area contributed by atoms with Gasteiger partial charge in [0.25, 0.3) is 5.91 Å². The van der Waals surface area contributed by atoms with Gasteiger partial charge in [-0.3, -0.25) is 9.69 Å². The molecule has 4 nitrogen and oxygen atoms in total. The number of imide groups is 1. The smallest absolute Gasteiger partial charge is 0.319 e. The average Bonchev–Trinajstić information content (AvgIpc) is 2.96. The molecule has 23 heavy (non-hydrogen) atoms. The van der Waals surface area contributed by atoms with Crippen molar-refractivity contribution in [2.45, 2.75) is 19.0 Å². The summed E-state index contributed by atoms with van der Waals surface area (Å²) >= 11 is 7.05. The van der Waals surface area contributed by atoms with E-state index in [0.717, 1.165) is 17.0 Å². The summed E-state index contributed by atoms with van der Waals surface area (Å²) in [6.45, 7) is 1.28. The van der Waals surface area contributed by atoms with Crippen LogP contribution in [0.2, 0.25) is 4.34 Å². The van der Waals surface area contributed by atoms with Gasteiger partial charge in [-0.15, -0.1) is 11.3 Å². The highest BCUT2D eigenvalue weighted by Gasteiger charge is 2.51. The maximum absolute atomic E-state index is 14.0. The number of halogens is 3. The Hall–Kier alpha value is -1.99. The van der Waals surface area contributed by atoms with E-state index < -0.39 is 34.7 Å². The summed E-state index contributed by atoms with van der Waals surface area (Å²) in [6, 6.07) is 5.92. The van der Waals surface area contributed by atoms with Crippen LogP contribution < -0.4 is 5.32 Å². The zero-order valence-corrected chi connectivity index (χ0v) is 13.5. The second kappa shape index (κ2) is 5.58. The molecule has 8 heteroatoms. The Kier molecular flexibility index (Phi) is 3.85. The minimum absolute atomic E-state index is 0.00624. The molecule has 120 valence electrons. The number of nitrogens with zero attached hydrogens (tertiary/aromatic N) is 1. The maximum atomic E-state index is 14.0. The summed E-state index contributed by atoms with van der Waals surface area (Å²) in [5, 5.41) is 2.38. The van der Waals surface area contributed by atoms with Crippen molar-refractivity contribution in [1.29, 1.82) is 0 Å². The molecule has 1 aliphatic heterocycles. The van der Waals surface area contributed by atoms with Gasteiger partial charge in [0.15, 0.2) is 0 Å². The van der Waals surface area contributed by atoms with Crippen LogP contribution in [-0.4, -0.2) is 16.8 Å². The Morgan fingerprint density at radius 1 is 1.22 bits per heavy atom. The highest BCUT2D eigenvalue weighted by molar-refractivity contribution is 7.16. The molecule has 1 aromatic heterocycles. The van der Waals surface area contributed by atoms with Gasteiger partial charge in [-0.05, 0) is 31.2 Å². The molecule has 3 rings (SSSR count). The fourth-order valence-corrected chi connectivity index (χ4v) is 3.65. The molecule has 1 fully saturated rings. The number of carbonyl (C=O) groups excluding carboxylic acids is 2. The molecule has 0 unspecified atom stereocenters. The van der Waals surface area contributed by atoms with E-state index in [2.05, 4.69) is 5.32 Å². The van der Waals surface area contributed by atoms with Gasteiger partial charge >= 0.3 is 6.03 Å². The third kappa shape index (κ3) is 2.60. The van der Waals surface area contributed by atoms with E-state index in [1.165, 1.54) is 24.3 Å². The Labute approximate surface area is 139 Å². The van der Waals surface area contributed by atoms with Crippen molar-refractivity contribution in [1.82, 2.24) is 10.2 Å². The molecule has 1 aromatic carbocycles. The predicted molar refractivity (Wildman–Crippen MR) is 82.1 cm³/mol. The first-order valence-electron chi connectivity index (χ1n) is 6.66. The Morgan fingerprint density at radius 3 is 2.43 bits per heavy atom. The third-order valence-corrected chi connectivity index (χ3v) is 4.90. The van der Waals surface area contributed by atoms with Crippen molar-refractivity contribution in [3.8, 4) is 0 Å². The van der Waals surface area contributed by atoms with E-state index in [4.69, 9.17) is 11.6 Å². The van der Waals surface area contributed by atoms with E-state index in [-0.39, 0.29) is 6.54 Å². The number of urea groups is 1. The van der Waals surface area contributed by atoms with E-state index in [1.54, 1.807) is 12.1 Å². The molecule has 3 amide bonds. The molecule has 0 spiro atoms. The lowest BCUT2D eigenvalue weighted by Crippen LogP contribution is -2.42. The van der Waals surface area contributed by atoms with Crippen LogP contribution in [0.25, 0.3) is 0 Å². The zero-order valence-electron chi connectivity index (χ0n) is 11.9. The lowest BCUT2D eigenvalue weighted by Gasteiger charge is -2.23. The monoisotopic (exact) mass is 356 g/mol. The van der Waals surface area contributed by atoms with Crippen LogP contribution in [0.3, 0.4) is 0 Å². The van der Waals surface area contributed by atoms with Crippen molar-refractivity contribution in [2.24, 2.45) is 0 Å². The minimum Gasteiger partial charge on any atom is -0.319 e. The molecule has 2 heterocycles. The molecule has 1 aliphatic rings. The van der Waals surface area contributed by atoms with Crippen molar-refractivity contribution in [3.05, 3.63) is 56.7 Å². The average molecular weight is 357 g/mol. The lowest BCUT2D eigenvalue weighted by atomic mass is 9.91. The number of thiophene rings is 1. The number of rotatable bonds is 3. The Morgan fingerprint density at radius 2 is 1.87 bits per heavy atom. The number of hydrogen-bond donors (Lipinski definition) is 1. The van der Waals surface area contributed by atoms with E-state index in [1.807, 2.05) is 0 Å². The summed E-state index contributed by atoms with van der Waals surface area (Å²) in [6.07, 6.45) is 0. The SMILES string of the molecule is C[C@@]1(c2c(F)cccc2F)NC(=O)N(Cc2ccc(Cl)s2)C1=O. The number of benzene rings is 1. The highest BCUT2D eigenvalue weighted by Crippen LogP contribution is 2.34. The van der Waals surface area contributed by atoms with Gasteiger partial charge in [0.05, 0.1) is 16.4 Å². The summed E-state index contributed by atoms with van der Waals surface area (Å²) in [7, 11) is 0. The fourth-order valence-electron chi connectivity index (χ4n) is 2.58. The van der Waals surface area contributed by atoms with Gasteiger partial charge < -0.3 is 5.32 Å². The topological polar surface area (TPSA) is 49.4 Å². The first kappa shape index (κ1) is 15.9. The molecular weight excluding hydrogens is 346 g/mol. The van der Waals surface area contributed by atoms with Crippen LogP contribution in [0.15, 0.2) is 30.3 Å². The number of hydrogen-bond acceptors (Lipinski definition) is 3. The summed E-state index contributed by atoms with van der Waals surface area (Å²) in [5.41, 5.74) is -2.25. The van der Waals surface area contributed by atoms with Gasteiger partial charge in [-0.2, -0.15) is 0 Å². The van der Waals surface area contributed by atoms with Gasteiger partial charge in [-0.1, -0.05) is 17.7 Å². The number of amides is 3. The van der Waals surface area contributed by atoms with E-state index in [9.17, 15) is 18.4 Å². The second-order valence-electron chi connectivity index (χ2n) is 5.25. The predicted octanol–water partition coefficient (Wildman–Crippen LogP) is 3.65. The second-order valence-corrected chi connectivity index (χ2v) is 7.05. The quantitative estimate of drug-likeness (QED) is 0.853. The number of nitrogens with one attached hydrogen (secondary N) is 1. The van der Waals surface area contributed by atoms with Crippen LogP contribution in [0.1, 0.15) is 17.4 Å². The van der Waals surface area contributed by atoms with Crippen LogP contribution in [-0.2, 0) is 16.9 Å². The maximum Gasteiger partial charge on any atom is 0.325 e. The summed E-state index contributed by atoms with van der Waals surface area (Å²) in [4.78, 5) is 26.4. The van der Waals surface area contributed by atoms with Gasteiger partial charge in [-0.25, -0.2) is 13.6 Å². The van der Waals surface area contributed by atoms with Gasteiger partial charge in [0.1, 0.15) is 17.2 Å².